The van der Waals surface area contributed by atoms with Gasteiger partial charge in [0, 0.05) is 0 Å². The van der Waals surface area contributed by atoms with Gasteiger partial charge in [-0.05, 0) is 43.9 Å². The van der Waals surface area contributed by atoms with Gasteiger partial charge in [0.05, 0.1) is 11.3 Å². The summed E-state index contributed by atoms with van der Waals surface area (Å²) in [6.45, 7) is 0. The Hall–Kier alpha value is -1.58. The van der Waals surface area contributed by atoms with Gasteiger partial charge in [-0.25, -0.2) is 9.18 Å². The molecule has 1 fully saturated rings. The maximum atomic E-state index is 13.2. The maximum absolute atomic E-state index is 13.2. The summed E-state index contributed by atoms with van der Waals surface area (Å²) in [5.74, 6) is -1.04. The second-order valence-electron chi connectivity index (χ2n) is 4.40. The fourth-order valence-electron chi connectivity index (χ4n) is 2.06. The van der Waals surface area contributed by atoms with E-state index in [1.165, 1.54) is 18.6 Å². The van der Waals surface area contributed by atoms with E-state index in [9.17, 15) is 9.18 Å². The number of carbonyl (C=O) groups excluding carboxylic acids is 1. The van der Waals surface area contributed by atoms with Gasteiger partial charge in [0.1, 0.15) is 11.9 Å². The van der Waals surface area contributed by atoms with Crippen molar-refractivity contribution in [2.75, 3.05) is 5.73 Å². The molecule has 0 spiro atoms. The SMILES string of the molecule is Nc1ccc(C(=O)OC2CCCCC2)cc1F. The lowest BCUT2D eigenvalue weighted by Gasteiger charge is -2.21. The number of hydrogen-bond acceptors (Lipinski definition) is 3. The van der Waals surface area contributed by atoms with E-state index in [0.717, 1.165) is 31.7 Å². The highest BCUT2D eigenvalue weighted by atomic mass is 19.1. The van der Waals surface area contributed by atoms with E-state index >= 15 is 0 Å². The topological polar surface area (TPSA) is 52.3 Å². The lowest BCUT2D eigenvalue weighted by molar-refractivity contribution is 0.0210. The van der Waals surface area contributed by atoms with Crippen molar-refractivity contribution < 1.29 is 13.9 Å². The number of benzene rings is 1. The Labute approximate surface area is 99.8 Å². The standard InChI is InChI=1S/C13H16FNO2/c14-11-8-9(6-7-12(11)15)13(16)17-10-4-2-1-3-5-10/h6-8,10H,1-5,15H2. The molecule has 0 saturated heterocycles. The van der Waals surface area contributed by atoms with Gasteiger partial charge >= 0.3 is 5.97 Å². The van der Waals surface area contributed by atoms with Crippen molar-refractivity contribution in [3.8, 4) is 0 Å². The number of halogens is 1. The molecule has 4 heteroatoms. The van der Waals surface area contributed by atoms with Crippen LogP contribution in [0.1, 0.15) is 42.5 Å². The van der Waals surface area contributed by atoms with E-state index in [-0.39, 0.29) is 17.4 Å². The molecule has 1 aromatic rings. The number of nitrogen functional groups attached to an aromatic ring is 1. The van der Waals surface area contributed by atoms with Crippen LogP contribution < -0.4 is 5.73 Å². The second kappa shape index (κ2) is 5.17. The fraction of sp³-hybridized carbons (Fsp3) is 0.462. The summed E-state index contributed by atoms with van der Waals surface area (Å²) in [6, 6.07) is 4.00. The number of carbonyl (C=O) groups is 1. The van der Waals surface area contributed by atoms with Crippen LogP contribution in [0.5, 0.6) is 0 Å². The summed E-state index contributed by atoms with van der Waals surface area (Å²) < 4.78 is 18.5. The summed E-state index contributed by atoms with van der Waals surface area (Å²) in [7, 11) is 0. The summed E-state index contributed by atoms with van der Waals surface area (Å²) in [4.78, 5) is 11.7. The number of esters is 1. The average Bonchev–Trinajstić information content (AvgIpc) is 2.34. The third kappa shape index (κ3) is 2.96. The van der Waals surface area contributed by atoms with Crippen molar-refractivity contribution in [2.24, 2.45) is 0 Å². The van der Waals surface area contributed by atoms with Crippen molar-refractivity contribution in [1.82, 2.24) is 0 Å². The van der Waals surface area contributed by atoms with Crippen molar-refractivity contribution in [2.45, 2.75) is 38.2 Å². The second-order valence-corrected chi connectivity index (χ2v) is 4.40. The van der Waals surface area contributed by atoms with Crippen LogP contribution in [0.2, 0.25) is 0 Å². The Morgan fingerprint density at radius 1 is 1.29 bits per heavy atom. The molecule has 0 unspecified atom stereocenters. The number of nitrogens with two attached hydrogens (primary N) is 1. The molecule has 0 aliphatic heterocycles. The van der Waals surface area contributed by atoms with Gasteiger partial charge in [-0.15, -0.1) is 0 Å². The highest BCUT2D eigenvalue weighted by molar-refractivity contribution is 5.89. The normalized spacial score (nSPS) is 16.8. The molecule has 17 heavy (non-hydrogen) atoms. The molecule has 0 radical (unpaired) electrons. The van der Waals surface area contributed by atoms with Crippen molar-refractivity contribution in [3.63, 3.8) is 0 Å². The molecule has 2 N–H and O–H groups in total. The molecule has 1 aromatic carbocycles. The molecule has 0 atom stereocenters. The van der Waals surface area contributed by atoms with Gasteiger partial charge in [-0.1, -0.05) is 6.42 Å². The van der Waals surface area contributed by atoms with E-state index < -0.39 is 11.8 Å². The number of anilines is 1. The van der Waals surface area contributed by atoms with E-state index in [1.54, 1.807) is 0 Å². The third-order valence-corrected chi connectivity index (χ3v) is 3.06. The highest BCUT2D eigenvalue weighted by Gasteiger charge is 2.19. The Morgan fingerprint density at radius 3 is 2.65 bits per heavy atom. The van der Waals surface area contributed by atoms with E-state index in [0.29, 0.717) is 0 Å². The highest BCUT2D eigenvalue weighted by Crippen LogP contribution is 2.22. The minimum Gasteiger partial charge on any atom is -0.459 e. The van der Waals surface area contributed by atoms with Crippen LogP contribution in [0.15, 0.2) is 18.2 Å². The first kappa shape index (κ1) is 11.9. The molecule has 3 nitrogen and oxygen atoms in total. The Morgan fingerprint density at radius 2 is 2.00 bits per heavy atom. The van der Waals surface area contributed by atoms with Gasteiger partial charge in [0.25, 0.3) is 0 Å². The van der Waals surface area contributed by atoms with Gasteiger partial charge in [0.15, 0.2) is 0 Å². The molecule has 0 aromatic heterocycles. The van der Waals surface area contributed by atoms with E-state index in [1.807, 2.05) is 0 Å². The van der Waals surface area contributed by atoms with E-state index in [2.05, 4.69) is 0 Å². The molecule has 0 heterocycles. The molecular weight excluding hydrogens is 221 g/mol. The van der Waals surface area contributed by atoms with Crippen LogP contribution in [-0.4, -0.2) is 12.1 Å². The smallest absolute Gasteiger partial charge is 0.338 e. The minimum absolute atomic E-state index is 0.0168. The van der Waals surface area contributed by atoms with Crippen LogP contribution in [-0.2, 0) is 4.74 Å². The molecule has 0 bridgehead atoms. The molecule has 1 aliphatic rings. The zero-order valence-corrected chi connectivity index (χ0v) is 9.62. The summed E-state index contributed by atoms with van der Waals surface area (Å²) >= 11 is 0. The molecule has 92 valence electrons. The zero-order chi connectivity index (χ0) is 12.3. The van der Waals surface area contributed by atoms with Crippen LogP contribution in [0.3, 0.4) is 0 Å². The molecule has 0 amide bonds. The number of rotatable bonds is 2. The summed E-state index contributed by atoms with van der Waals surface area (Å²) in [5, 5.41) is 0. The molecule has 1 saturated carbocycles. The number of ether oxygens (including phenoxy) is 1. The van der Waals surface area contributed by atoms with Gasteiger partial charge in [-0.3, -0.25) is 0 Å². The first-order valence-corrected chi connectivity index (χ1v) is 5.93. The minimum atomic E-state index is -0.580. The van der Waals surface area contributed by atoms with E-state index in [4.69, 9.17) is 10.5 Å². The maximum Gasteiger partial charge on any atom is 0.338 e. The van der Waals surface area contributed by atoms with Crippen LogP contribution in [0.4, 0.5) is 10.1 Å². The largest absolute Gasteiger partial charge is 0.459 e. The first-order chi connectivity index (χ1) is 8.16. The van der Waals surface area contributed by atoms with Crippen LogP contribution in [0.25, 0.3) is 0 Å². The van der Waals surface area contributed by atoms with Gasteiger partial charge < -0.3 is 10.5 Å². The van der Waals surface area contributed by atoms with Crippen molar-refractivity contribution in [1.29, 1.82) is 0 Å². The predicted octanol–water partition coefficient (Wildman–Crippen LogP) is 2.90. The predicted molar refractivity (Wildman–Crippen MR) is 63.1 cm³/mol. The quantitative estimate of drug-likeness (QED) is 0.635. The van der Waals surface area contributed by atoms with Crippen molar-refractivity contribution >= 4 is 11.7 Å². The monoisotopic (exact) mass is 237 g/mol. The molecule has 1 aliphatic carbocycles. The lowest BCUT2D eigenvalue weighted by atomic mass is 9.98. The Bertz CT molecular complexity index is 414. The van der Waals surface area contributed by atoms with Gasteiger partial charge in [-0.2, -0.15) is 0 Å². The Balaban J connectivity index is 2.01. The summed E-state index contributed by atoms with van der Waals surface area (Å²) in [6.07, 6.45) is 5.18. The van der Waals surface area contributed by atoms with Crippen LogP contribution >= 0.6 is 0 Å². The molecular formula is C13H16FNO2. The Kier molecular flexibility index (Phi) is 3.61. The first-order valence-electron chi connectivity index (χ1n) is 5.93. The van der Waals surface area contributed by atoms with Crippen LogP contribution in [0, 0.1) is 5.82 Å². The third-order valence-electron chi connectivity index (χ3n) is 3.06. The fourth-order valence-corrected chi connectivity index (χ4v) is 2.06. The number of hydrogen-bond donors (Lipinski definition) is 1. The molecule has 2 rings (SSSR count). The zero-order valence-electron chi connectivity index (χ0n) is 9.62. The lowest BCUT2D eigenvalue weighted by Crippen LogP contribution is -2.21. The van der Waals surface area contributed by atoms with Crippen molar-refractivity contribution in [3.05, 3.63) is 29.6 Å². The van der Waals surface area contributed by atoms with Gasteiger partial charge in [0.2, 0.25) is 0 Å². The summed E-state index contributed by atoms with van der Waals surface area (Å²) in [5.41, 5.74) is 5.61. The average molecular weight is 237 g/mol.